The molecular formula is C11H24N4O. The fourth-order valence-corrected chi connectivity index (χ4v) is 1.83. The summed E-state index contributed by atoms with van der Waals surface area (Å²) >= 11 is 0. The SMILES string of the molecule is CCN(CC1CCC1)C(=NCCOC)NN. The van der Waals surface area contributed by atoms with Crippen LogP contribution < -0.4 is 11.3 Å². The molecule has 0 aliphatic heterocycles. The maximum Gasteiger partial charge on any atom is 0.208 e. The topological polar surface area (TPSA) is 62.9 Å². The average Bonchev–Trinajstić information content (AvgIpc) is 2.25. The minimum atomic E-state index is 0.631. The van der Waals surface area contributed by atoms with Crippen LogP contribution in [-0.2, 0) is 4.74 Å². The largest absolute Gasteiger partial charge is 0.383 e. The lowest BCUT2D eigenvalue weighted by Crippen LogP contribution is -2.47. The molecule has 0 atom stereocenters. The average molecular weight is 228 g/mol. The van der Waals surface area contributed by atoms with Crippen LogP contribution in [0, 0.1) is 5.92 Å². The van der Waals surface area contributed by atoms with E-state index in [9.17, 15) is 0 Å². The molecule has 0 aromatic heterocycles. The zero-order valence-electron chi connectivity index (χ0n) is 10.4. The van der Waals surface area contributed by atoms with Gasteiger partial charge in [0.15, 0.2) is 0 Å². The highest BCUT2D eigenvalue weighted by Gasteiger charge is 2.21. The number of rotatable bonds is 6. The number of ether oxygens (including phenoxy) is 1. The minimum absolute atomic E-state index is 0.631. The van der Waals surface area contributed by atoms with Crippen molar-refractivity contribution in [2.45, 2.75) is 26.2 Å². The van der Waals surface area contributed by atoms with E-state index in [0.29, 0.717) is 13.2 Å². The first-order valence-corrected chi connectivity index (χ1v) is 6.06. The quantitative estimate of drug-likeness (QED) is 0.229. The van der Waals surface area contributed by atoms with Crippen molar-refractivity contribution in [1.29, 1.82) is 0 Å². The highest BCUT2D eigenvalue weighted by molar-refractivity contribution is 5.79. The highest BCUT2D eigenvalue weighted by atomic mass is 16.5. The van der Waals surface area contributed by atoms with Crippen molar-refractivity contribution in [2.75, 3.05) is 33.4 Å². The van der Waals surface area contributed by atoms with E-state index in [2.05, 4.69) is 22.2 Å². The van der Waals surface area contributed by atoms with Gasteiger partial charge >= 0.3 is 0 Å². The van der Waals surface area contributed by atoms with Crippen LogP contribution in [0.4, 0.5) is 0 Å². The molecule has 0 heterocycles. The van der Waals surface area contributed by atoms with Gasteiger partial charge in [-0.25, -0.2) is 10.8 Å². The lowest BCUT2D eigenvalue weighted by Gasteiger charge is -2.33. The summed E-state index contributed by atoms with van der Waals surface area (Å²) in [6, 6.07) is 0. The highest BCUT2D eigenvalue weighted by Crippen LogP contribution is 2.26. The molecule has 0 bridgehead atoms. The van der Waals surface area contributed by atoms with Crippen LogP contribution in [0.3, 0.4) is 0 Å². The molecule has 0 aromatic rings. The number of hydrogen-bond donors (Lipinski definition) is 2. The second-order valence-electron chi connectivity index (χ2n) is 4.18. The molecule has 0 radical (unpaired) electrons. The van der Waals surface area contributed by atoms with Crippen LogP contribution in [0.25, 0.3) is 0 Å². The van der Waals surface area contributed by atoms with Crippen LogP contribution in [0.5, 0.6) is 0 Å². The zero-order valence-corrected chi connectivity index (χ0v) is 10.4. The van der Waals surface area contributed by atoms with Crippen LogP contribution in [-0.4, -0.2) is 44.2 Å². The third kappa shape index (κ3) is 3.98. The molecule has 5 nitrogen and oxygen atoms in total. The van der Waals surface area contributed by atoms with Gasteiger partial charge in [0.05, 0.1) is 13.2 Å². The molecule has 1 fully saturated rings. The summed E-state index contributed by atoms with van der Waals surface area (Å²) in [6.07, 6.45) is 4.05. The van der Waals surface area contributed by atoms with Crippen molar-refractivity contribution in [3.8, 4) is 0 Å². The Hall–Kier alpha value is -0.810. The second-order valence-corrected chi connectivity index (χ2v) is 4.18. The fourth-order valence-electron chi connectivity index (χ4n) is 1.83. The number of aliphatic imine (C=N–C) groups is 1. The first-order chi connectivity index (χ1) is 7.81. The maximum absolute atomic E-state index is 5.50. The van der Waals surface area contributed by atoms with Gasteiger partial charge < -0.3 is 9.64 Å². The number of nitrogens with one attached hydrogen (secondary N) is 1. The van der Waals surface area contributed by atoms with Crippen molar-refractivity contribution in [1.82, 2.24) is 10.3 Å². The van der Waals surface area contributed by atoms with Crippen LogP contribution >= 0.6 is 0 Å². The van der Waals surface area contributed by atoms with E-state index < -0.39 is 0 Å². The van der Waals surface area contributed by atoms with E-state index in [1.165, 1.54) is 19.3 Å². The molecule has 1 aliphatic carbocycles. The predicted octanol–water partition coefficient (Wildman–Crippen LogP) is 0.574. The normalized spacial score (nSPS) is 17.1. The molecule has 0 amide bonds. The smallest absolute Gasteiger partial charge is 0.208 e. The Kier molecular flexibility index (Phi) is 6.18. The molecule has 1 aliphatic rings. The molecule has 1 rings (SSSR count). The lowest BCUT2D eigenvalue weighted by atomic mass is 9.85. The second kappa shape index (κ2) is 7.46. The van der Waals surface area contributed by atoms with E-state index in [0.717, 1.165) is 25.0 Å². The zero-order chi connectivity index (χ0) is 11.8. The van der Waals surface area contributed by atoms with Gasteiger partial charge in [0.2, 0.25) is 5.96 Å². The van der Waals surface area contributed by atoms with Crippen LogP contribution in [0.15, 0.2) is 4.99 Å². The summed E-state index contributed by atoms with van der Waals surface area (Å²) in [7, 11) is 1.68. The molecule has 0 spiro atoms. The number of guanidine groups is 1. The van der Waals surface area contributed by atoms with Gasteiger partial charge in [0, 0.05) is 20.2 Å². The fraction of sp³-hybridized carbons (Fsp3) is 0.909. The number of methoxy groups -OCH3 is 1. The first-order valence-electron chi connectivity index (χ1n) is 6.06. The maximum atomic E-state index is 5.50. The van der Waals surface area contributed by atoms with Crippen molar-refractivity contribution < 1.29 is 4.74 Å². The summed E-state index contributed by atoms with van der Waals surface area (Å²) < 4.78 is 4.97. The molecule has 0 aromatic carbocycles. The van der Waals surface area contributed by atoms with Crippen LogP contribution in [0.1, 0.15) is 26.2 Å². The third-order valence-electron chi connectivity index (χ3n) is 3.07. The van der Waals surface area contributed by atoms with E-state index in [-0.39, 0.29) is 0 Å². The molecule has 1 saturated carbocycles. The minimum Gasteiger partial charge on any atom is -0.383 e. The molecule has 0 saturated heterocycles. The van der Waals surface area contributed by atoms with Gasteiger partial charge in [-0.3, -0.25) is 5.43 Å². The summed E-state index contributed by atoms with van der Waals surface area (Å²) in [4.78, 5) is 6.60. The first kappa shape index (κ1) is 13.3. The Bertz CT molecular complexity index is 216. The van der Waals surface area contributed by atoms with Crippen molar-refractivity contribution in [3.63, 3.8) is 0 Å². The lowest BCUT2D eigenvalue weighted by molar-refractivity contribution is 0.206. The predicted molar refractivity (Wildman–Crippen MR) is 66.1 cm³/mol. The van der Waals surface area contributed by atoms with Crippen molar-refractivity contribution >= 4 is 5.96 Å². The van der Waals surface area contributed by atoms with E-state index in [4.69, 9.17) is 10.6 Å². The summed E-state index contributed by atoms with van der Waals surface area (Å²) in [5.41, 5.74) is 2.69. The Balaban J connectivity index is 2.41. The van der Waals surface area contributed by atoms with Gasteiger partial charge in [-0.1, -0.05) is 6.42 Å². The number of hydrogen-bond acceptors (Lipinski definition) is 3. The Morgan fingerprint density at radius 1 is 1.56 bits per heavy atom. The molecule has 5 heteroatoms. The van der Waals surface area contributed by atoms with Gasteiger partial charge in [0.1, 0.15) is 0 Å². The van der Waals surface area contributed by atoms with Gasteiger partial charge in [-0.15, -0.1) is 0 Å². The van der Waals surface area contributed by atoms with Gasteiger partial charge in [-0.05, 0) is 25.7 Å². The standard InChI is InChI=1S/C11H24N4O/c1-3-15(9-10-5-4-6-10)11(14-12)13-7-8-16-2/h10H,3-9,12H2,1-2H3,(H,13,14). The molecular weight excluding hydrogens is 204 g/mol. The van der Waals surface area contributed by atoms with Gasteiger partial charge in [-0.2, -0.15) is 0 Å². The van der Waals surface area contributed by atoms with Crippen molar-refractivity contribution in [3.05, 3.63) is 0 Å². The Morgan fingerprint density at radius 2 is 2.31 bits per heavy atom. The molecule has 94 valence electrons. The summed E-state index contributed by atoms with van der Waals surface area (Å²) in [5.74, 6) is 7.11. The van der Waals surface area contributed by atoms with Gasteiger partial charge in [0.25, 0.3) is 0 Å². The number of nitrogens with two attached hydrogens (primary N) is 1. The third-order valence-corrected chi connectivity index (χ3v) is 3.07. The van der Waals surface area contributed by atoms with E-state index in [1.807, 2.05) is 0 Å². The Labute approximate surface area is 98.0 Å². The monoisotopic (exact) mass is 228 g/mol. The van der Waals surface area contributed by atoms with E-state index in [1.54, 1.807) is 7.11 Å². The van der Waals surface area contributed by atoms with Crippen molar-refractivity contribution in [2.24, 2.45) is 16.8 Å². The molecule has 0 unspecified atom stereocenters. The van der Waals surface area contributed by atoms with E-state index >= 15 is 0 Å². The van der Waals surface area contributed by atoms with Crippen LogP contribution in [0.2, 0.25) is 0 Å². The molecule has 3 N–H and O–H groups in total. The summed E-state index contributed by atoms with van der Waals surface area (Å²) in [5, 5.41) is 0. The summed E-state index contributed by atoms with van der Waals surface area (Å²) in [6.45, 7) is 5.41. The molecule has 16 heavy (non-hydrogen) atoms. The number of hydrazine groups is 1. The Morgan fingerprint density at radius 3 is 2.75 bits per heavy atom. The number of nitrogens with zero attached hydrogens (tertiary/aromatic N) is 2.